The fraction of sp³-hybridized carbons (Fsp3) is 0.200. The Bertz CT molecular complexity index is 1260. The van der Waals surface area contributed by atoms with Crippen LogP contribution in [0.1, 0.15) is 42.3 Å². The van der Waals surface area contributed by atoms with Crippen molar-refractivity contribution < 1.29 is 19.0 Å². The van der Waals surface area contributed by atoms with E-state index >= 15 is 0 Å². The minimum atomic E-state index is -0.513. The number of hydrogen-bond acceptors (Lipinski definition) is 6. The van der Waals surface area contributed by atoms with Crippen LogP contribution in [0, 0.1) is 0 Å². The smallest absolute Gasteiger partial charge is 0.308 e. The van der Waals surface area contributed by atoms with Gasteiger partial charge in [0.25, 0.3) is 0 Å². The molecule has 0 fully saturated rings. The van der Waals surface area contributed by atoms with E-state index in [0.29, 0.717) is 21.0 Å². The topological polar surface area (TPSA) is 60.4 Å². The van der Waals surface area contributed by atoms with E-state index in [9.17, 15) is 4.79 Å². The number of hydrazone groups is 1. The summed E-state index contributed by atoms with van der Waals surface area (Å²) in [7, 11) is 1.53. The van der Waals surface area contributed by atoms with Gasteiger partial charge in [-0.3, -0.25) is 4.79 Å². The highest BCUT2D eigenvalue weighted by atomic mass is 79.9. The molecule has 6 nitrogen and oxygen atoms in total. The van der Waals surface area contributed by atoms with Crippen LogP contribution in [-0.4, -0.2) is 23.8 Å². The summed E-state index contributed by atoms with van der Waals surface area (Å²) < 4.78 is 17.9. The summed E-state index contributed by atoms with van der Waals surface area (Å²) in [5.41, 5.74) is 3.84. The lowest BCUT2D eigenvalue weighted by Crippen LogP contribution is -2.33. The molecule has 0 saturated carbocycles. The number of carbonyl (C=O) groups is 1. The van der Waals surface area contributed by atoms with Crippen LogP contribution in [-0.2, 0) is 4.79 Å². The molecule has 0 aromatic heterocycles. The van der Waals surface area contributed by atoms with Gasteiger partial charge in [-0.05, 0) is 51.8 Å². The van der Waals surface area contributed by atoms with Gasteiger partial charge in [0.1, 0.15) is 5.75 Å². The van der Waals surface area contributed by atoms with Crippen LogP contribution in [0.5, 0.6) is 17.2 Å². The van der Waals surface area contributed by atoms with Crippen molar-refractivity contribution in [3.05, 3.63) is 86.8 Å². The molecule has 0 amide bonds. The second-order valence-corrected chi connectivity index (χ2v) is 9.08. The van der Waals surface area contributed by atoms with E-state index in [4.69, 9.17) is 30.9 Å². The van der Waals surface area contributed by atoms with E-state index < -0.39 is 12.2 Å². The van der Waals surface area contributed by atoms with Crippen LogP contribution in [0.25, 0.3) is 0 Å². The van der Waals surface area contributed by atoms with Crippen molar-refractivity contribution in [1.29, 1.82) is 0 Å². The molecular weight excluding hydrogens is 508 g/mol. The van der Waals surface area contributed by atoms with Crippen molar-refractivity contribution in [3.8, 4) is 17.2 Å². The maximum absolute atomic E-state index is 11.5. The van der Waals surface area contributed by atoms with Crippen LogP contribution in [0.4, 0.5) is 0 Å². The standard InChI is InChI=1S/C25H20BrClN2O4/c1-14(30)32-24-19(26)10-16(11-23(24)31-2)25-29-21(18-12-17(27)8-9-22(18)33-25)13-20(28-29)15-6-4-3-5-7-15/h3-12,21,25H,13H2,1-2H3. The lowest BCUT2D eigenvalue weighted by molar-refractivity contribution is -0.132. The Morgan fingerprint density at radius 3 is 2.70 bits per heavy atom. The highest BCUT2D eigenvalue weighted by molar-refractivity contribution is 9.10. The molecule has 168 valence electrons. The summed E-state index contributed by atoms with van der Waals surface area (Å²) in [5, 5.41) is 7.58. The number of carbonyl (C=O) groups excluding carboxylic acids is 1. The van der Waals surface area contributed by atoms with E-state index in [1.807, 2.05) is 53.5 Å². The summed E-state index contributed by atoms with van der Waals surface area (Å²) >= 11 is 9.83. The number of benzene rings is 3. The van der Waals surface area contributed by atoms with Crippen LogP contribution in [0.15, 0.2) is 70.2 Å². The SMILES string of the molecule is COc1cc(C2Oc3ccc(Cl)cc3C3CC(c4ccccc4)=NN32)cc(Br)c1OC(C)=O. The number of methoxy groups -OCH3 is 1. The molecule has 2 aliphatic rings. The molecule has 3 aromatic carbocycles. The number of ether oxygens (including phenoxy) is 3. The van der Waals surface area contributed by atoms with E-state index in [0.717, 1.165) is 34.6 Å². The molecule has 5 rings (SSSR count). The van der Waals surface area contributed by atoms with Crippen molar-refractivity contribution in [2.75, 3.05) is 7.11 Å². The highest BCUT2D eigenvalue weighted by Crippen LogP contribution is 2.49. The van der Waals surface area contributed by atoms with Crippen molar-refractivity contribution in [1.82, 2.24) is 5.01 Å². The molecule has 0 bridgehead atoms. The molecule has 3 aromatic rings. The Kier molecular flexibility index (Phi) is 5.76. The van der Waals surface area contributed by atoms with Gasteiger partial charge >= 0.3 is 5.97 Å². The highest BCUT2D eigenvalue weighted by Gasteiger charge is 2.41. The Morgan fingerprint density at radius 1 is 1.18 bits per heavy atom. The zero-order valence-corrected chi connectivity index (χ0v) is 20.3. The maximum Gasteiger partial charge on any atom is 0.308 e. The predicted octanol–water partition coefficient (Wildman–Crippen LogP) is 6.28. The molecule has 2 aliphatic heterocycles. The van der Waals surface area contributed by atoms with E-state index in [2.05, 4.69) is 28.1 Å². The minimum Gasteiger partial charge on any atom is -0.493 e. The van der Waals surface area contributed by atoms with Gasteiger partial charge in [-0.15, -0.1) is 0 Å². The first-order valence-corrected chi connectivity index (χ1v) is 11.5. The van der Waals surface area contributed by atoms with Gasteiger partial charge in [0.15, 0.2) is 11.5 Å². The van der Waals surface area contributed by atoms with Gasteiger partial charge in [-0.25, -0.2) is 5.01 Å². The summed E-state index contributed by atoms with van der Waals surface area (Å²) in [6.07, 6.45) is 0.211. The largest absolute Gasteiger partial charge is 0.493 e. The molecule has 33 heavy (non-hydrogen) atoms. The Balaban J connectivity index is 1.61. The fourth-order valence-corrected chi connectivity index (χ4v) is 4.93. The summed E-state index contributed by atoms with van der Waals surface area (Å²) in [4.78, 5) is 11.5. The number of fused-ring (bicyclic) bond motifs is 3. The number of halogens is 2. The summed E-state index contributed by atoms with van der Waals surface area (Å²) in [5.74, 6) is 1.07. The average molecular weight is 528 g/mol. The third-order valence-electron chi connectivity index (χ3n) is 5.64. The second kappa shape index (κ2) is 8.72. The van der Waals surface area contributed by atoms with Gasteiger partial charge in [-0.2, -0.15) is 5.10 Å². The molecule has 2 unspecified atom stereocenters. The maximum atomic E-state index is 11.5. The molecule has 0 saturated heterocycles. The molecule has 8 heteroatoms. The Hall–Kier alpha value is -3.03. The first-order chi connectivity index (χ1) is 15.9. The van der Waals surface area contributed by atoms with Crippen molar-refractivity contribution >= 4 is 39.2 Å². The second-order valence-electron chi connectivity index (χ2n) is 7.79. The van der Waals surface area contributed by atoms with Gasteiger partial charge in [0.2, 0.25) is 6.23 Å². The zero-order chi connectivity index (χ0) is 23.1. The van der Waals surface area contributed by atoms with Gasteiger partial charge in [0.05, 0.1) is 23.3 Å². The van der Waals surface area contributed by atoms with Crippen LogP contribution in [0.3, 0.4) is 0 Å². The van der Waals surface area contributed by atoms with Crippen LogP contribution >= 0.6 is 27.5 Å². The molecule has 2 heterocycles. The first kappa shape index (κ1) is 21.8. The number of hydrogen-bond donors (Lipinski definition) is 0. The minimum absolute atomic E-state index is 0.0365. The van der Waals surface area contributed by atoms with Crippen LogP contribution in [0.2, 0.25) is 5.02 Å². The molecular formula is C25H20BrClN2O4. The van der Waals surface area contributed by atoms with Crippen molar-refractivity contribution in [2.24, 2.45) is 5.10 Å². The van der Waals surface area contributed by atoms with Gasteiger partial charge in [-0.1, -0.05) is 41.9 Å². The third kappa shape index (κ3) is 4.07. The molecule has 0 radical (unpaired) electrons. The van der Waals surface area contributed by atoms with Gasteiger partial charge in [0, 0.05) is 29.5 Å². The number of rotatable bonds is 4. The summed E-state index contributed by atoms with van der Waals surface area (Å²) in [6.45, 7) is 1.35. The average Bonchev–Trinajstić information content (AvgIpc) is 3.26. The van der Waals surface area contributed by atoms with Crippen molar-refractivity contribution in [3.63, 3.8) is 0 Å². The Labute approximate surface area is 204 Å². The molecule has 0 spiro atoms. The van der Waals surface area contributed by atoms with E-state index in [1.165, 1.54) is 14.0 Å². The molecule has 2 atom stereocenters. The zero-order valence-electron chi connectivity index (χ0n) is 17.9. The number of esters is 1. The summed E-state index contributed by atoms with van der Waals surface area (Å²) in [6, 6.07) is 19.4. The number of nitrogens with zero attached hydrogens (tertiary/aromatic N) is 2. The quantitative estimate of drug-likeness (QED) is 0.295. The molecule has 0 aliphatic carbocycles. The lowest BCUT2D eigenvalue weighted by atomic mass is 9.96. The van der Waals surface area contributed by atoms with Crippen molar-refractivity contribution in [2.45, 2.75) is 25.6 Å². The van der Waals surface area contributed by atoms with E-state index in [1.54, 1.807) is 0 Å². The normalized spacial score (nSPS) is 18.7. The predicted molar refractivity (Wildman–Crippen MR) is 129 cm³/mol. The van der Waals surface area contributed by atoms with Crippen LogP contribution < -0.4 is 14.2 Å². The Morgan fingerprint density at radius 2 is 1.97 bits per heavy atom. The van der Waals surface area contributed by atoms with E-state index in [-0.39, 0.29) is 6.04 Å². The molecule has 0 N–H and O–H groups in total. The first-order valence-electron chi connectivity index (χ1n) is 10.4. The monoisotopic (exact) mass is 526 g/mol. The lowest BCUT2D eigenvalue weighted by Gasteiger charge is -2.38. The fourth-order valence-electron chi connectivity index (χ4n) is 4.21. The van der Waals surface area contributed by atoms with Gasteiger partial charge < -0.3 is 14.2 Å². The third-order valence-corrected chi connectivity index (χ3v) is 6.47.